The molecular weight excluding hydrogens is 423 g/mol. The van der Waals surface area contributed by atoms with Gasteiger partial charge in [0.25, 0.3) is 5.91 Å². The van der Waals surface area contributed by atoms with Crippen molar-refractivity contribution in [1.82, 2.24) is 19.0 Å². The number of aromatic nitrogens is 3. The number of carbonyl (C=O) groups excluding carboxylic acids is 1. The van der Waals surface area contributed by atoms with E-state index in [1.54, 1.807) is 20.2 Å². The Morgan fingerprint density at radius 2 is 1.85 bits per heavy atom. The van der Waals surface area contributed by atoms with Crippen molar-refractivity contribution in [2.75, 3.05) is 19.7 Å². The first kappa shape index (κ1) is 20.9. The quantitative estimate of drug-likeness (QED) is 0.456. The second-order valence-corrected chi connectivity index (χ2v) is 8.10. The summed E-state index contributed by atoms with van der Waals surface area (Å²) in [6, 6.07) is 18.9. The normalized spacial score (nSPS) is 15.8. The molecule has 5 rings (SSSR count). The van der Waals surface area contributed by atoms with Crippen molar-refractivity contribution in [1.29, 1.82) is 0 Å². The number of fused-ring (bicyclic) bond motifs is 1. The van der Waals surface area contributed by atoms with Crippen LogP contribution in [0.5, 0.6) is 5.75 Å². The number of pyridine rings is 1. The van der Waals surface area contributed by atoms with Crippen molar-refractivity contribution in [2.24, 2.45) is 0 Å². The van der Waals surface area contributed by atoms with Crippen molar-refractivity contribution in [3.63, 3.8) is 0 Å². The third-order valence-electron chi connectivity index (χ3n) is 5.96. The first-order valence-corrected chi connectivity index (χ1v) is 10.9. The topological polar surface area (TPSA) is 69.4 Å². The minimum absolute atomic E-state index is 0.130. The fraction of sp³-hybridized carbons (Fsp3) is 0.240. The van der Waals surface area contributed by atoms with Crippen LogP contribution in [-0.2, 0) is 11.3 Å². The molecule has 3 heterocycles. The number of ether oxygens (including phenoxy) is 1. The van der Waals surface area contributed by atoms with Crippen molar-refractivity contribution in [3.8, 4) is 5.75 Å². The van der Waals surface area contributed by atoms with Crippen molar-refractivity contribution < 1.29 is 13.9 Å². The maximum atomic E-state index is 13.4. The molecule has 0 N–H and O–H groups in total. The van der Waals surface area contributed by atoms with E-state index in [0.29, 0.717) is 37.5 Å². The summed E-state index contributed by atoms with van der Waals surface area (Å²) in [6.07, 6.45) is 2.34. The molecule has 4 aromatic rings. The van der Waals surface area contributed by atoms with Gasteiger partial charge in [-0.05, 0) is 48.4 Å². The number of carbonyl (C=O) groups is 1. The van der Waals surface area contributed by atoms with Gasteiger partial charge < -0.3 is 9.64 Å². The molecule has 8 heteroatoms. The van der Waals surface area contributed by atoms with Crippen molar-refractivity contribution in [2.45, 2.75) is 19.0 Å². The van der Waals surface area contributed by atoms with Crippen LogP contribution in [0.25, 0.3) is 11.2 Å². The van der Waals surface area contributed by atoms with E-state index in [0.717, 1.165) is 11.1 Å². The molecule has 1 fully saturated rings. The van der Waals surface area contributed by atoms with E-state index in [1.807, 2.05) is 42.5 Å². The fourth-order valence-electron chi connectivity index (χ4n) is 4.30. The first-order valence-electron chi connectivity index (χ1n) is 10.9. The van der Waals surface area contributed by atoms with Crippen LogP contribution >= 0.6 is 0 Å². The lowest BCUT2D eigenvalue weighted by Gasteiger charge is -2.17. The van der Waals surface area contributed by atoms with Crippen molar-refractivity contribution in [3.05, 3.63) is 94.8 Å². The van der Waals surface area contributed by atoms with Gasteiger partial charge in [-0.25, -0.2) is 14.2 Å². The smallest absolute Gasteiger partial charge is 0.330 e. The highest BCUT2D eigenvalue weighted by Gasteiger charge is 2.31. The number of benzene rings is 2. The fourth-order valence-corrected chi connectivity index (χ4v) is 4.30. The lowest BCUT2D eigenvalue weighted by atomic mass is 10.2. The second kappa shape index (κ2) is 8.90. The Bertz CT molecular complexity index is 1330. The zero-order chi connectivity index (χ0) is 22.8. The van der Waals surface area contributed by atoms with E-state index in [2.05, 4.69) is 4.98 Å². The third kappa shape index (κ3) is 4.24. The summed E-state index contributed by atoms with van der Waals surface area (Å²) in [7, 11) is 0. The molecule has 7 nitrogen and oxygen atoms in total. The Morgan fingerprint density at radius 1 is 1.06 bits per heavy atom. The Labute approximate surface area is 189 Å². The van der Waals surface area contributed by atoms with Crippen LogP contribution in [0.2, 0.25) is 0 Å². The van der Waals surface area contributed by atoms with E-state index >= 15 is 0 Å². The monoisotopic (exact) mass is 446 g/mol. The summed E-state index contributed by atoms with van der Waals surface area (Å²) < 4.78 is 22.0. The Hall–Kier alpha value is -3.94. The summed E-state index contributed by atoms with van der Waals surface area (Å²) in [5, 5.41) is 0. The number of rotatable bonds is 6. The average molecular weight is 446 g/mol. The Kier molecular flexibility index (Phi) is 5.64. The molecule has 1 amide bonds. The zero-order valence-corrected chi connectivity index (χ0v) is 17.9. The molecule has 168 valence electrons. The highest BCUT2D eigenvalue weighted by atomic mass is 19.1. The number of halogens is 1. The van der Waals surface area contributed by atoms with Gasteiger partial charge in [0.1, 0.15) is 11.6 Å². The summed E-state index contributed by atoms with van der Waals surface area (Å²) in [5.41, 5.74) is 2.30. The van der Waals surface area contributed by atoms with Gasteiger partial charge in [-0.15, -0.1) is 0 Å². The van der Waals surface area contributed by atoms with Crippen LogP contribution < -0.4 is 10.4 Å². The largest absolute Gasteiger partial charge is 0.484 e. The molecule has 0 radical (unpaired) electrons. The van der Waals surface area contributed by atoms with Crippen LogP contribution in [0, 0.1) is 5.82 Å². The molecule has 2 aromatic heterocycles. The molecule has 0 unspecified atom stereocenters. The van der Waals surface area contributed by atoms with Crippen LogP contribution in [0.1, 0.15) is 18.0 Å². The maximum absolute atomic E-state index is 13.4. The minimum Gasteiger partial charge on any atom is -0.484 e. The molecule has 0 aliphatic carbocycles. The summed E-state index contributed by atoms with van der Waals surface area (Å²) in [6.45, 7) is 1.25. The molecule has 1 saturated heterocycles. The van der Waals surface area contributed by atoms with E-state index < -0.39 is 0 Å². The number of amides is 1. The first-order chi connectivity index (χ1) is 16.1. The van der Waals surface area contributed by atoms with Gasteiger partial charge in [-0.2, -0.15) is 0 Å². The molecule has 0 saturated carbocycles. The summed E-state index contributed by atoms with van der Waals surface area (Å²) >= 11 is 0. The zero-order valence-electron chi connectivity index (χ0n) is 17.9. The number of hydrogen-bond donors (Lipinski definition) is 0. The van der Waals surface area contributed by atoms with Gasteiger partial charge in [0.15, 0.2) is 12.3 Å². The highest BCUT2D eigenvalue weighted by Crippen LogP contribution is 2.25. The Morgan fingerprint density at radius 3 is 2.64 bits per heavy atom. The van der Waals surface area contributed by atoms with Crippen LogP contribution in [0.3, 0.4) is 0 Å². The molecule has 0 spiro atoms. The van der Waals surface area contributed by atoms with E-state index in [1.165, 1.54) is 24.3 Å². The van der Waals surface area contributed by atoms with Gasteiger partial charge in [0.2, 0.25) is 0 Å². The molecule has 1 atom stereocenters. The van der Waals surface area contributed by atoms with Crippen LogP contribution in [0.4, 0.5) is 4.39 Å². The van der Waals surface area contributed by atoms with Gasteiger partial charge in [-0.1, -0.05) is 30.3 Å². The molecule has 0 bridgehead atoms. The van der Waals surface area contributed by atoms with Gasteiger partial charge in [0, 0.05) is 19.3 Å². The summed E-state index contributed by atoms with van der Waals surface area (Å²) in [4.78, 5) is 32.3. The van der Waals surface area contributed by atoms with E-state index in [-0.39, 0.29) is 30.1 Å². The van der Waals surface area contributed by atoms with Crippen LogP contribution in [0.15, 0.2) is 77.7 Å². The highest BCUT2D eigenvalue weighted by molar-refractivity contribution is 5.78. The van der Waals surface area contributed by atoms with E-state index in [9.17, 15) is 14.0 Å². The predicted octanol–water partition coefficient (Wildman–Crippen LogP) is 3.24. The predicted molar refractivity (Wildman–Crippen MR) is 122 cm³/mol. The molecular formula is C25H23FN4O3. The summed E-state index contributed by atoms with van der Waals surface area (Å²) in [5.74, 6) is -0.0951. The third-order valence-corrected chi connectivity index (χ3v) is 5.96. The van der Waals surface area contributed by atoms with Crippen LogP contribution in [-0.4, -0.2) is 44.6 Å². The number of likely N-dealkylation sites (tertiary alicyclic amines) is 1. The number of hydrogen-bond acceptors (Lipinski definition) is 4. The van der Waals surface area contributed by atoms with Gasteiger partial charge in [-0.3, -0.25) is 13.9 Å². The van der Waals surface area contributed by atoms with Crippen molar-refractivity contribution >= 4 is 17.1 Å². The molecule has 1 aliphatic heterocycles. The molecule has 1 aliphatic rings. The SMILES string of the molecule is O=C(COc1ccc(F)cc1)N1CC[C@@H](n2c(=O)n(Cc3ccccc3)c3cccnc32)C1. The lowest BCUT2D eigenvalue weighted by molar-refractivity contribution is -0.132. The van der Waals surface area contributed by atoms with Gasteiger partial charge >= 0.3 is 5.69 Å². The molecule has 2 aromatic carbocycles. The second-order valence-electron chi connectivity index (χ2n) is 8.10. The van der Waals surface area contributed by atoms with E-state index in [4.69, 9.17) is 4.74 Å². The molecule has 33 heavy (non-hydrogen) atoms. The lowest BCUT2D eigenvalue weighted by Crippen LogP contribution is -2.34. The average Bonchev–Trinajstić information content (AvgIpc) is 3.42. The standard InChI is InChI=1S/C25H23FN4O3/c26-19-8-10-21(11-9-19)33-17-23(31)28-14-12-20(16-28)30-24-22(7-4-13-27-24)29(25(30)32)15-18-5-2-1-3-6-18/h1-11,13,20H,12,14-17H2/t20-/m1/s1. The number of imidazole rings is 1. The minimum atomic E-state index is -0.360. The Balaban J connectivity index is 1.34. The van der Waals surface area contributed by atoms with Gasteiger partial charge in [0.05, 0.1) is 18.1 Å². The number of nitrogens with zero attached hydrogens (tertiary/aromatic N) is 4. The maximum Gasteiger partial charge on any atom is 0.330 e.